The second-order valence-corrected chi connectivity index (χ2v) is 14.6. The van der Waals surface area contributed by atoms with Crippen LogP contribution in [-0.4, -0.2) is 35.2 Å². The van der Waals surface area contributed by atoms with Gasteiger partial charge in [0.1, 0.15) is 0 Å². The Kier molecular flexibility index (Phi) is 9.69. The lowest BCUT2D eigenvalue weighted by molar-refractivity contribution is -0.124. The van der Waals surface area contributed by atoms with Gasteiger partial charge in [-0.1, -0.05) is 58.8 Å². The molecule has 1 unspecified atom stereocenters. The van der Waals surface area contributed by atoms with Crippen LogP contribution in [-0.2, 0) is 9.59 Å². The summed E-state index contributed by atoms with van der Waals surface area (Å²) in [5.41, 5.74) is 2.66. The van der Waals surface area contributed by atoms with Crippen molar-refractivity contribution >= 4 is 77.7 Å². The van der Waals surface area contributed by atoms with Gasteiger partial charge in [0.05, 0.1) is 39.9 Å². The standard InChI is InChI=1S/C28H34Br2N2O2S2/c1-4-6-8-10-12-18(11-9-7-5-2)17-32-26(20-14-16-22(30)36-20)24-23(28(32)34)25(31(3)27(24)33)19-13-15-21(29)35-19/h13-16,18H,4-12,17H2,1-3H3. The summed E-state index contributed by atoms with van der Waals surface area (Å²) in [5, 5.41) is 0. The second-order valence-electron chi connectivity index (χ2n) is 9.65. The molecule has 0 radical (unpaired) electrons. The number of rotatable bonds is 13. The van der Waals surface area contributed by atoms with Gasteiger partial charge in [-0.3, -0.25) is 9.59 Å². The van der Waals surface area contributed by atoms with E-state index in [0.29, 0.717) is 23.6 Å². The van der Waals surface area contributed by atoms with E-state index in [1.54, 1.807) is 34.6 Å². The van der Waals surface area contributed by atoms with Crippen molar-refractivity contribution in [1.29, 1.82) is 0 Å². The number of fused-ring (bicyclic) bond motifs is 1. The molecule has 0 aliphatic carbocycles. The molecular weight excluding hydrogens is 620 g/mol. The molecule has 0 saturated carbocycles. The van der Waals surface area contributed by atoms with E-state index in [4.69, 9.17) is 0 Å². The number of carbonyl (C=O) groups excluding carboxylic acids is 2. The van der Waals surface area contributed by atoms with Gasteiger partial charge in [0.15, 0.2) is 0 Å². The summed E-state index contributed by atoms with van der Waals surface area (Å²) in [6.07, 6.45) is 10.8. The molecule has 0 saturated heterocycles. The van der Waals surface area contributed by atoms with Crippen molar-refractivity contribution in [2.45, 2.75) is 71.6 Å². The van der Waals surface area contributed by atoms with Gasteiger partial charge in [0.2, 0.25) is 0 Å². The number of nitrogens with zero attached hydrogens (tertiary/aromatic N) is 2. The summed E-state index contributed by atoms with van der Waals surface area (Å²) in [4.78, 5) is 33.3. The Hall–Kier alpha value is -1.22. The molecular formula is C28H34Br2N2O2S2. The highest BCUT2D eigenvalue weighted by Crippen LogP contribution is 2.49. The molecule has 2 aliphatic rings. The van der Waals surface area contributed by atoms with E-state index >= 15 is 0 Å². The molecule has 2 aromatic heterocycles. The van der Waals surface area contributed by atoms with Gasteiger partial charge in [-0.2, -0.15) is 0 Å². The van der Waals surface area contributed by atoms with Gasteiger partial charge >= 0.3 is 0 Å². The van der Waals surface area contributed by atoms with Crippen LogP contribution in [0, 0.1) is 5.92 Å². The van der Waals surface area contributed by atoms with Crippen LogP contribution in [0.3, 0.4) is 0 Å². The lowest BCUT2D eigenvalue weighted by atomic mass is 9.94. The van der Waals surface area contributed by atoms with Crippen LogP contribution in [0.4, 0.5) is 0 Å². The normalized spacial score (nSPS) is 16.7. The number of carbonyl (C=O) groups is 2. The molecule has 0 bridgehead atoms. The van der Waals surface area contributed by atoms with Crippen LogP contribution in [0.25, 0.3) is 11.4 Å². The highest BCUT2D eigenvalue weighted by atomic mass is 79.9. The Morgan fingerprint density at radius 2 is 1.28 bits per heavy atom. The zero-order valence-electron chi connectivity index (χ0n) is 21.2. The van der Waals surface area contributed by atoms with Crippen molar-refractivity contribution in [1.82, 2.24) is 9.80 Å². The van der Waals surface area contributed by atoms with Gasteiger partial charge in [-0.25, -0.2) is 0 Å². The maximum atomic E-state index is 14.1. The predicted molar refractivity (Wildman–Crippen MR) is 159 cm³/mol. The van der Waals surface area contributed by atoms with E-state index < -0.39 is 0 Å². The molecule has 36 heavy (non-hydrogen) atoms. The third kappa shape index (κ3) is 5.77. The van der Waals surface area contributed by atoms with Gasteiger partial charge in [0.25, 0.3) is 11.8 Å². The van der Waals surface area contributed by atoms with Crippen molar-refractivity contribution in [3.8, 4) is 0 Å². The van der Waals surface area contributed by atoms with Crippen LogP contribution < -0.4 is 0 Å². The second kappa shape index (κ2) is 12.5. The quantitative estimate of drug-likeness (QED) is 0.203. The molecule has 0 spiro atoms. The highest BCUT2D eigenvalue weighted by Gasteiger charge is 2.48. The maximum absolute atomic E-state index is 14.1. The van der Waals surface area contributed by atoms with Gasteiger partial charge in [0, 0.05) is 13.6 Å². The molecule has 194 valence electrons. The number of hydrogen-bond acceptors (Lipinski definition) is 4. The van der Waals surface area contributed by atoms with Crippen LogP contribution in [0.2, 0.25) is 0 Å². The number of hydrogen-bond donors (Lipinski definition) is 0. The van der Waals surface area contributed by atoms with Gasteiger partial charge in [-0.05, 0) is 74.9 Å². The van der Waals surface area contributed by atoms with Gasteiger partial charge in [-0.15, -0.1) is 22.7 Å². The van der Waals surface area contributed by atoms with E-state index in [9.17, 15) is 9.59 Å². The zero-order chi connectivity index (χ0) is 25.8. The minimum atomic E-state index is -0.0922. The molecule has 4 heterocycles. The van der Waals surface area contributed by atoms with E-state index in [-0.39, 0.29) is 11.8 Å². The molecule has 0 N–H and O–H groups in total. The molecule has 2 amide bonds. The number of likely N-dealkylation sites (N-methyl/N-ethyl adjacent to an activating group) is 1. The first kappa shape index (κ1) is 27.8. The van der Waals surface area contributed by atoms with Crippen LogP contribution >= 0.6 is 54.5 Å². The number of amides is 2. The topological polar surface area (TPSA) is 40.6 Å². The monoisotopic (exact) mass is 652 g/mol. The van der Waals surface area contributed by atoms with E-state index in [2.05, 4.69) is 45.7 Å². The third-order valence-electron chi connectivity index (χ3n) is 7.04. The first-order valence-corrected chi connectivity index (χ1v) is 16.2. The van der Waals surface area contributed by atoms with Crippen molar-refractivity contribution in [2.75, 3.05) is 13.6 Å². The maximum Gasteiger partial charge on any atom is 0.261 e. The minimum Gasteiger partial charge on any atom is -0.309 e. The predicted octanol–water partition coefficient (Wildman–Crippen LogP) is 8.94. The summed E-state index contributed by atoms with van der Waals surface area (Å²) in [5.74, 6) is 0.309. The average Bonchev–Trinajstić information content (AvgIpc) is 3.59. The lowest BCUT2D eigenvalue weighted by Crippen LogP contribution is -2.32. The fourth-order valence-corrected chi connectivity index (χ4v) is 8.11. The Bertz CT molecular complexity index is 1180. The molecule has 0 aromatic carbocycles. The SMILES string of the molecule is CCCCCCC(CCCCC)CN1C(=O)C2=C(c3ccc(Br)s3)N(C)C(=O)C2=C1c1ccc(Br)s1. The molecule has 1 atom stereocenters. The fraction of sp³-hybridized carbons (Fsp3) is 0.500. The first-order valence-electron chi connectivity index (χ1n) is 13.0. The summed E-state index contributed by atoms with van der Waals surface area (Å²) < 4.78 is 1.98. The van der Waals surface area contributed by atoms with E-state index in [1.807, 2.05) is 29.2 Å². The fourth-order valence-electron chi connectivity index (χ4n) is 5.19. The molecule has 2 aromatic rings. The summed E-state index contributed by atoms with van der Waals surface area (Å²) >= 11 is 10.3. The van der Waals surface area contributed by atoms with Crippen molar-refractivity contribution in [2.24, 2.45) is 5.92 Å². The van der Waals surface area contributed by atoms with Crippen molar-refractivity contribution in [3.05, 3.63) is 52.7 Å². The van der Waals surface area contributed by atoms with Crippen LogP contribution in [0.15, 0.2) is 43.0 Å². The zero-order valence-corrected chi connectivity index (χ0v) is 26.0. The number of halogens is 2. The molecule has 0 fully saturated rings. The van der Waals surface area contributed by atoms with Crippen molar-refractivity contribution in [3.63, 3.8) is 0 Å². The van der Waals surface area contributed by atoms with Crippen molar-refractivity contribution < 1.29 is 9.59 Å². The Morgan fingerprint density at radius 1 is 0.750 bits per heavy atom. The Labute approximate surface area is 239 Å². The van der Waals surface area contributed by atoms with E-state index in [0.717, 1.165) is 41.6 Å². The summed E-state index contributed by atoms with van der Waals surface area (Å²) in [6.45, 7) is 5.14. The van der Waals surface area contributed by atoms with Crippen LogP contribution in [0.5, 0.6) is 0 Å². The molecule has 8 heteroatoms. The summed E-state index contributed by atoms with van der Waals surface area (Å²) in [6, 6.07) is 7.99. The lowest BCUT2D eigenvalue weighted by Gasteiger charge is -2.27. The first-order chi connectivity index (χ1) is 17.4. The Balaban J connectivity index is 1.74. The number of thiophene rings is 2. The molecule has 4 nitrogen and oxygen atoms in total. The van der Waals surface area contributed by atoms with Crippen LogP contribution in [0.1, 0.15) is 81.4 Å². The molecule has 4 rings (SSSR count). The largest absolute Gasteiger partial charge is 0.309 e. The summed E-state index contributed by atoms with van der Waals surface area (Å²) in [7, 11) is 1.78. The molecule has 2 aliphatic heterocycles. The van der Waals surface area contributed by atoms with E-state index in [1.165, 1.54) is 44.9 Å². The van der Waals surface area contributed by atoms with Gasteiger partial charge < -0.3 is 9.80 Å². The highest BCUT2D eigenvalue weighted by molar-refractivity contribution is 9.11. The smallest absolute Gasteiger partial charge is 0.261 e. The minimum absolute atomic E-state index is 0.0317. The number of unbranched alkanes of at least 4 members (excludes halogenated alkanes) is 5. The average molecular weight is 655 g/mol. The Morgan fingerprint density at radius 3 is 1.83 bits per heavy atom. The third-order valence-corrected chi connectivity index (χ3v) is 10.3.